The SMILES string of the molecule is Cc1nc(Cl)ccc1NC1CC(c2cccc(F)c2)C1. The molecule has 1 N–H and O–H groups in total. The van der Waals surface area contributed by atoms with Crippen molar-refractivity contribution in [2.24, 2.45) is 0 Å². The van der Waals surface area contributed by atoms with Gasteiger partial charge in [0.05, 0.1) is 11.4 Å². The minimum atomic E-state index is -0.156. The maximum absolute atomic E-state index is 13.2. The molecule has 0 unspecified atom stereocenters. The van der Waals surface area contributed by atoms with Crippen LogP contribution in [0, 0.1) is 12.7 Å². The summed E-state index contributed by atoms with van der Waals surface area (Å²) >= 11 is 5.84. The molecule has 3 rings (SSSR count). The van der Waals surface area contributed by atoms with E-state index >= 15 is 0 Å². The number of rotatable bonds is 3. The van der Waals surface area contributed by atoms with Gasteiger partial charge in [-0.25, -0.2) is 9.37 Å². The van der Waals surface area contributed by atoms with E-state index in [1.165, 1.54) is 6.07 Å². The molecule has 0 atom stereocenters. The summed E-state index contributed by atoms with van der Waals surface area (Å²) in [6.07, 6.45) is 2.04. The average Bonchev–Trinajstić information content (AvgIpc) is 2.35. The van der Waals surface area contributed by atoms with E-state index in [9.17, 15) is 4.39 Å². The van der Waals surface area contributed by atoms with E-state index in [1.54, 1.807) is 18.2 Å². The van der Waals surface area contributed by atoms with Gasteiger partial charge in [-0.3, -0.25) is 0 Å². The highest BCUT2D eigenvalue weighted by molar-refractivity contribution is 6.29. The van der Waals surface area contributed by atoms with Crippen LogP contribution in [0.25, 0.3) is 0 Å². The topological polar surface area (TPSA) is 24.9 Å². The van der Waals surface area contributed by atoms with Crippen molar-refractivity contribution in [1.82, 2.24) is 4.98 Å². The number of hydrogen-bond donors (Lipinski definition) is 1. The second-order valence-electron chi connectivity index (χ2n) is 5.33. The lowest BCUT2D eigenvalue weighted by molar-refractivity contribution is 0.373. The van der Waals surface area contributed by atoms with Crippen LogP contribution in [-0.4, -0.2) is 11.0 Å². The minimum absolute atomic E-state index is 0.156. The van der Waals surface area contributed by atoms with Crippen LogP contribution in [0.15, 0.2) is 36.4 Å². The molecule has 0 aliphatic heterocycles. The molecular weight excluding hydrogens is 275 g/mol. The van der Waals surface area contributed by atoms with Gasteiger partial charge < -0.3 is 5.32 Å². The quantitative estimate of drug-likeness (QED) is 0.840. The van der Waals surface area contributed by atoms with Crippen LogP contribution in [0.2, 0.25) is 5.15 Å². The molecule has 1 saturated carbocycles. The Hall–Kier alpha value is -1.61. The Morgan fingerprint density at radius 2 is 2.05 bits per heavy atom. The number of nitrogens with zero attached hydrogens (tertiary/aromatic N) is 1. The Bertz CT molecular complexity index is 624. The van der Waals surface area contributed by atoms with Gasteiger partial charge >= 0.3 is 0 Å². The molecule has 1 aliphatic carbocycles. The molecule has 0 amide bonds. The molecule has 0 bridgehead atoms. The second kappa shape index (κ2) is 5.41. The highest BCUT2D eigenvalue weighted by Crippen LogP contribution is 2.38. The number of nitrogens with one attached hydrogen (secondary N) is 1. The number of benzene rings is 1. The third-order valence-electron chi connectivity index (χ3n) is 3.87. The van der Waals surface area contributed by atoms with Crippen LogP contribution in [0.4, 0.5) is 10.1 Å². The van der Waals surface area contributed by atoms with Gasteiger partial charge in [-0.1, -0.05) is 23.7 Å². The van der Waals surface area contributed by atoms with E-state index in [4.69, 9.17) is 11.6 Å². The number of hydrogen-bond acceptors (Lipinski definition) is 2. The first-order valence-corrected chi connectivity index (χ1v) is 7.15. The van der Waals surface area contributed by atoms with E-state index in [2.05, 4.69) is 10.3 Å². The van der Waals surface area contributed by atoms with Crippen molar-refractivity contribution >= 4 is 17.3 Å². The summed E-state index contributed by atoms with van der Waals surface area (Å²) in [5.74, 6) is 0.292. The first-order valence-electron chi connectivity index (χ1n) is 6.77. The van der Waals surface area contributed by atoms with Crippen LogP contribution in [0.1, 0.15) is 30.0 Å². The van der Waals surface area contributed by atoms with E-state index in [0.717, 1.165) is 29.8 Å². The van der Waals surface area contributed by atoms with Crippen LogP contribution in [0.5, 0.6) is 0 Å². The lowest BCUT2D eigenvalue weighted by atomic mass is 9.76. The maximum Gasteiger partial charge on any atom is 0.129 e. The van der Waals surface area contributed by atoms with Crippen molar-refractivity contribution in [2.75, 3.05) is 5.32 Å². The third kappa shape index (κ3) is 2.78. The molecule has 1 fully saturated rings. The average molecular weight is 291 g/mol. The first-order chi connectivity index (χ1) is 9.61. The van der Waals surface area contributed by atoms with E-state index in [1.807, 2.05) is 19.1 Å². The summed E-state index contributed by atoms with van der Waals surface area (Å²) in [6, 6.07) is 11.1. The summed E-state index contributed by atoms with van der Waals surface area (Å²) in [5, 5.41) is 3.99. The van der Waals surface area contributed by atoms with Crippen molar-refractivity contribution in [3.8, 4) is 0 Å². The van der Waals surface area contributed by atoms with Gasteiger partial charge in [0.15, 0.2) is 0 Å². The monoisotopic (exact) mass is 290 g/mol. The molecule has 1 aromatic carbocycles. The van der Waals surface area contributed by atoms with Gasteiger partial charge in [-0.2, -0.15) is 0 Å². The summed E-state index contributed by atoms with van der Waals surface area (Å²) in [6.45, 7) is 1.94. The first kappa shape index (κ1) is 13.4. The third-order valence-corrected chi connectivity index (χ3v) is 4.08. The molecule has 2 nitrogen and oxygen atoms in total. The van der Waals surface area contributed by atoms with Gasteiger partial charge in [-0.15, -0.1) is 0 Å². The van der Waals surface area contributed by atoms with E-state index in [-0.39, 0.29) is 5.82 Å². The molecule has 20 heavy (non-hydrogen) atoms. The Balaban J connectivity index is 1.61. The summed E-state index contributed by atoms with van der Waals surface area (Å²) < 4.78 is 13.2. The fourth-order valence-electron chi connectivity index (χ4n) is 2.67. The fourth-order valence-corrected chi connectivity index (χ4v) is 2.86. The van der Waals surface area contributed by atoms with E-state index in [0.29, 0.717) is 17.1 Å². The van der Waals surface area contributed by atoms with Crippen molar-refractivity contribution in [3.63, 3.8) is 0 Å². The van der Waals surface area contributed by atoms with Gasteiger partial charge in [0, 0.05) is 6.04 Å². The van der Waals surface area contributed by atoms with Crippen LogP contribution in [-0.2, 0) is 0 Å². The number of anilines is 1. The van der Waals surface area contributed by atoms with Gasteiger partial charge in [-0.05, 0) is 55.5 Å². The van der Waals surface area contributed by atoms with Crippen molar-refractivity contribution < 1.29 is 4.39 Å². The predicted molar refractivity (Wildman–Crippen MR) is 79.8 cm³/mol. The predicted octanol–water partition coefficient (Wildman–Crippen LogP) is 4.54. The number of aryl methyl sites for hydroxylation is 1. The molecule has 0 spiro atoms. The lowest BCUT2D eigenvalue weighted by Crippen LogP contribution is -2.34. The molecule has 4 heteroatoms. The lowest BCUT2D eigenvalue weighted by Gasteiger charge is -2.37. The molecule has 2 aromatic rings. The van der Waals surface area contributed by atoms with Gasteiger partial charge in [0.25, 0.3) is 0 Å². The molecule has 1 aromatic heterocycles. The largest absolute Gasteiger partial charge is 0.381 e. The standard InChI is InChI=1S/C16H16ClFN2/c1-10-15(5-6-16(17)19-10)20-14-8-12(9-14)11-3-2-4-13(18)7-11/h2-7,12,14,20H,8-9H2,1H3. The summed E-state index contributed by atoms with van der Waals surface area (Å²) in [4.78, 5) is 4.23. The second-order valence-corrected chi connectivity index (χ2v) is 5.72. The molecule has 104 valence electrons. The normalized spacial score (nSPS) is 21.4. The number of halogens is 2. The molecule has 0 saturated heterocycles. The Morgan fingerprint density at radius 3 is 2.75 bits per heavy atom. The van der Waals surface area contributed by atoms with E-state index < -0.39 is 0 Å². The number of pyridine rings is 1. The summed E-state index contributed by atoms with van der Waals surface area (Å²) in [7, 11) is 0. The zero-order valence-electron chi connectivity index (χ0n) is 11.2. The van der Waals surface area contributed by atoms with Crippen LogP contribution >= 0.6 is 11.6 Å². The van der Waals surface area contributed by atoms with Crippen LogP contribution < -0.4 is 5.32 Å². The number of aromatic nitrogens is 1. The summed E-state index contributed by atoms with van der Waals surface area (Å²) in [5.41, 5.74) is 3.03. The Labute approximate surface area is 123 Å². The molecule has 1 aliphatic rings. The highest BCUT2D eigenvalue weighted by atomic mass is 35.5. The van der Waals surface area contributed by atoms with Gasteiger partial charge in [0.2, 0.25) is 0 Å². The van der Waals surface area contributed by atoms with Crippen molar-refractivity contribution in [1.29, 1.82) is 0 Å². The Kier molecular flexibility index (Phi) is 3.62. The fraction of sp³-hybridized carbons (Fsp3) is 0.312. The Morgan fingerprint density at radius 1 is 1.25 bits per heavy atom. The highest BCUT2D eigenvalue weighted by Gasteiger charge is 2.30. The minimum Gasteiger partial charge on any atom is -0.381 e. The maximum atomic E-state index is 13.2. The van der Waals surface area contributed by atoms with Gasteiger partial charge in [0.1, 0.15) is 11.0 Å². The zero-order valence-corrected chi connectivity index (χ0v) is 12.0. The van der Waals surface area contributed by atoms with Crippen LogP contribution in [0.3, 0.4) is 0 Å². The molecular formula is C16H16ClFN2. The van der Waals surface area contributed by atoms with Crippen molar-refractivity contribution in [3.05, 3.63) is 58.6 Å². The smallest absolute Gasteiger partial charge is 0.129 e. The van der Waals surface area contributed by atoms with Crippen molar-refractivity contribution in [2.45, 2.75) is 31.7 Å². The molecule has 1 heterocycles. The molecule has 0 radical (unpaired) electrons. The zero-order chi connectivity index (χ0) is 14.1.